The number of nitrogens with one attached hydrogen (secondary N) is 1. The number of Topliss-reactive ketones (excluding diaryl/α,β-unsaturated/α-hetero) is 1. The van der Waals surface area contributed by atoms with Gasteiger partial charge in [-0.1, -0.05) is 18.7 Å². The highest BCUT2D eigenvalue weighted by Gasteiger charge is 2.10. The van der Waals surface area contributed by atoms with E-state index < -0.39 is 0 Å². The van der Waals surface area contributed by atoms with Crippen LogP contribution in [0.4, 0.5) is 0 Å². The summed E-state index contributed by atoms with van der Waals surface area (Å²) < 4.78 is 0. The number of rotatable bonds is 5. The van der Waals surface area contributed by atoms with Gasteiger partial charge in [-0.25, -0.2) is 0 Å². The number of aromatic nitrogens is 1. The lowest BCUT2D eigenvalue weighted by molar-refractivity contribution is -0.116. The van der Waals surface area contributed by atoms with Gasteiger partial charge in [-0.15, -0.1) is 0 Å². The summed E-state index contributed by atoms with van der Waals surface area (Å²) in [5.41, 5.74) is 0.840. The summed E-state index contributed by atoms with van der Waals surface area (Å²) in [5.74, 6) is 0.422. The zero-order valence-corrected chi connectivity index (χ0v) is 10.7. The van der Waals surface area contributed by atoms with Gasteiger partial charge in [0.1, 0.15) is 11.9 Å². The molecule has 0 aliphatic rings. The van der Waals surface area contributed by atoms with Crippen LogP contribution < -0.4 is 5.56 Å². The molecule has 1 rings (SSSR count). The topological polar surface area (TPSA) is 73.7 Å². The molecule has 0 spiro atoms. The Balaban J connectivity index is 2.88. The standard InChI is InChI=1S/C12H14N2O2S/c1-3-4-9(15)7-17-12-10(6-13)8(2)5-11(16)14-12/h5H,3-4,7H2,1-2H3,(H,14,16). The fourth-order valence-corrected chi connectivity index (χ4v) is 2.38. The third-order valence-electron chi connectivity index (χ3n) is 2.22. The third-order valence-corrected chi connectivity index (χ3v) is 3.29. The number of thioether (sulfide) groups is 1. The molecule has 0 fully saturated rings. The molecule has 0 amide bonds. The van der Waals surface area contributed by atoms with Crippen LogP contribution in [0, 0.1) is 18.3 Å². The summed E-state index contributed by atoms with van der Waals surface area (Å²) >= 11 is 1.22. The zero-order chi connectivity index (χ0) is 12.8. The maximum absolute atomic E-state index is 11.4. The Kier molecular flexibility index (Phi) is 4.98. The van der Waals surface area contributed by atoms with Gasteiger partial charge in [-0.3, -0.25) is 9.59 Å². The highest BCUT2D eigenvalue weighted by atomic mass is 32.2. The molecule has 0 unspecified atom stereocenters. The second-order valence-corrected chi connectivity index (χ2v) is 4.70. The van der Waals surface area contributed by atoms with Gasteiger partial charge in [0.2, 0.25) is 5.56 Å². The summed E-state index contributed by atoms with van der Waals surface area (Å²) in [6, 6.07) is 3.43. The fraction of sp³-hybridized carbons (Fsp3) is 0.417. The van der Waals surface area contributed by atoms with Crippen LogP contribution in [-0.2, 0) is 4.79 Å². The van der Waals surface area contributed by atoms with E-state index in [0.29, 0.717) is 28.3 Å². The maximum Gasteiger partial charge on any atom is 0.249 e. The molecule has 17 heavy (non-hydrogen) atoms. The van der Waals surface area contributed by atoms with Crippen molar-refractivity contribution in [3.8, 4) is 6.07 Å². The number of nitrogens with zero attached hydrogens (tertiary/aromatic N) is 1. The Morgan fingerprint density at radius 3 is 2.88 bits per heavy atom. The Morgan fingerprint density at radius 2 is 2.29 bits per heavy atom. The first kappa shape index (κ1) is 13.5. The smallest absolute Gasteiger partial charge is 0.249 e. The maximum atomic E-state index is 11.4. The number of carbonyl (C=O) groups is 1. The van der Waals surface area contributed by atoms with Crippen LogP contribution >= 0.6 is 11.8 Å². The third kappa shape index (κ3) is 3.75. The lowest BCUT2D eigenvalue weighted by Gasteiger charge is -2.05. The monoisotopic (exact) mass is 250 g/mol. The van der Waals surface area contributed by atoms with Crippen LogP contribution in [0.2, 0.25) is 0 Å². The number of hydrogen-bond donors (Lipinski definition) is 1. The van der Waals surface area contributed by atoms with Crippen molar-refractivity contribution >= 4 is 17.5 Å². The largest absolute Gasteiger partial charge is 0.316 e. The van der Waals surface area contributed by atoms with E-state index in [1.807, 2.05) is 13.0 Å². The molecule has 0 saturated heterocycles. The van der Waals surface area contributed by atoms with E-state index in [4.69, 9.17) is 5.26 Å². The highest BCUT2D eigenvalue weighted by molar-refractivity contribution is 8.00. The Labute approximate surface area is 104 Å². The number of hydrogen-bond acceptors (Lipinski definition) is 4. The molecule has 5 heteroatoms. The minimum atomic E-state index is -0.244. The number of H-pyrrole nitrogens is 1. The van der Waals surface area contributed by atoms with Crippen molar-refractivity contribution < 1.29 is 4.79 Å². The van der Waals surface area contributed by atoms with E-state index in [-0.39, 0.29) is 11.3 Å². The summed E-state index contributed by atoms with van der Waals surface area (Å²) in [6.07, 6.45) is 1.35. The predicted molar refractivity (Wildman–Crippen MR) is 67.2 cm³/mol. The van der Waals surface area contributed by atoms with Crippen molar-refractivity contribution in [3.05, 3.63) is 27.5 Å². The normalized spacial score (nSPS) is 9.94. The molecule has 1 aromatic heterocycles. The van der Waals surface area contributed by atoms with Crippen molar-refractivity contribution in [1.82, 2.24) is 4.98 Å². The number of nitriles is 1. The van der Waals surface area contributed by atoms with Crippen LogP contribution in [0.25, 0.3) is 0 Å². The van der Waals surface area contributed by atoms with Crippen LogP contribution in [0.3, 0.4) is 0 Å². The predicted octanol–water partition coefficient (Wildman–Crippen LogP) is 2.02. The second kappa shape index (κ2) is 6.26. The van der Waals surface area contributed by atoms with Crippen LogP contribution in [0.15, 0.2) is 15.9 Å². The Morgan fingerprint density at radius 1 is 1.59 bits per heavy atom. The van der Waals surface area contributed by atoms with Crippen molar-refractivity contribution in [2.45, 2.75) is 31.7 Å². The van der Waals surface area contributed by atoms with Gasteiger partial charge in [-0.05, 0) is 18.9 Å². The van der Waals surface area contributed by atoms with E-state index in [1.165, 1.54) is 17.8 Å². The van der Waals surface area contributed by atoms with E-state index >= 15 is 0 Å². The fourth-order valence-electron chi connectivity index (χ4n) is 1.41. The first-order valence-corrected chi connectivity index (χ1v) is 6.35. The number of ketones is 1. The minimum Gasteiger partial charge on any atom is -0.316 e. The molecule has 1 heterocycles. The summed E-state index contributed by atoms with van der Waals surface area (Å²) in [5, 5.41) is 9.48. The first-order chi connectivity index (χ1) is 8.08. The van der Waals surface area contributed by atoms with E-state index in [1.54, 1.807) is 6.92 Å². The lowest BCUT2D eigenvalue weighted by Crippen LogP contribution is -2.10. The summed E-state index contributed by atoms with van der Waals surface area (Å²) in [6.45, 7) is 3.66. The van der Waals surface area contributed by atoms with Crippen molar-refractivity contribution in [2.75, 3.05) is 5.75 Å². The van der Waals surface area contributed by atoms with Gasteiger partial charge >= 0.3 is 0 Å². The van der Waals surface area contributed by atoms with Gasteiger partial charge in [0.15, 0.2) is 0 Å². The zero-order valence-electron chi connectivity index (χ0n) is 9.87. The van der Waals surface area contributed by atoms with Crippen LogP contribution in [-0.4, -0.2) is 16.5 Å². The highest BCUT2D eigenvalue weighted by Crippen LogP contribution is 2.21. The number of pyridine rings is 1. The SMILES string of the molecule is CCCC(=O)CSc1[nH]c(=O)cc(C)c1C#N. The molecule has 0 radical (unpaired) electrons. The molecule has 1 aromatic rings. The van der Waals surface area contributed by atoms with E-state index in [9.17, 15) is 9.59 Å². The molecule has 0 aliphatic carbocycles. The molecule has 0 atom stereocenters. The number of carbonyl (C=O) groups excluding carboxylic acids is 1. The molecular formula is C12H14N2O2S. The van der Waals surface area contributed by atoms with Crippen molar-refractivity contribution in [2.24, 2.45) is 0 Å². The Hall–Kier alpha value is -1.54. The lowest BCUT2D eigenvalue weighted by atomic mass is 10.2. The van der Waals surface area contributed by atoms with Crippen molar-refractivity contribution in [3.63, 3.8) is 0 Å². The minimum absolute atomic E-state index is 0.128. The van der Waals surface area contributed by atoms with E-state index in [2.05, 4.69) is 4.98 Å². The van der Waals surface area contributed by atoms with Gasteiger partial charge in [-0.2, -0.15) is 5.26 Å². The molecular weight excluding hydrogens is 236 g/mol. The average Bonchev–Trinajstić information content (AvgIpc) is 2.26. The van der Waals surface area contributed by atoms with Crippen LogP contribution in [0.1, 0.15) is 30.9 Å². The van der Waals surface area contributed by atoms with Gasteiger partial charge in [0.05, 0.1) is 16.3 Å². The number of aromatic amines is 1. The van der Waals surface area contributed by atoms with E-state index in [0.717, 1.165) is 6.42 Å². The molecule has 1 N–H and O–H groups in total. The van der Waals surface area contributed by atoms with Crippen molar-refractivity contribution in [1.29, 1.82) is 5.26 Å². The molecule has 0 aromatic carbocycles. The quantitative estimate of drug-likeness (QED) is 0.811. The Bertz CT molecular complexity index is 514. The second-order valence-electron chi connectivity index (χ2n) is 3.71. The van der Waals surface area contributed by atoms with Gasteiger partial charge in [0.25, 0.3) is 0 Å². The molecule has 0 bridgehead atoms. The summed E-state index contributed by atoms with van der Waals surface area (Å²) in [4.78, 5) is 25.3. The molecule has 90 valence electrons. The summed E-state index contributed by atoms with van der Waals surface area (Å²) in [7, 11) is 0. The number of aryl methyl sites for hydroxylation is 1. The molecule has 4 nitrogen and oxygen atoms in total. The molecule has 0 aliphatic heterocycles. The first-order valence-electron chi connectivity index (χ1n) is 5.37. The average molecular weight is 250 g/mol. The van der Waals surface area contributed by atoms with Gasteiger partial charge in [0, 0.05) is 12.5 Å². The van der Waals surface area contributed by atoms with Crippen LogP contribution in [0.5, 0.6) is 0 Å². The van der Waals surface area contributed by atoms with Gasteiger partial charge < -0.3 is 4.98 Å². The molecule has 0 saturated carbocycles.